The van der Waals surface area contributed by atoms with Crippen LogP contribution in [0.3, 0.4) is 0 Å². The van der Waals surface area contributed by atoms with Crippen molar-refractivity contribution >= 4 is 21.1 Å². The van der Waals surface area contributed by atoms with Crippen molar-refractivity contribution in [3.8, 4) is 0 Å². The van der Waals surface area contributed by atoms with Gasteiger partial charge < -0.3 is 4.57 Å². The Morgan fingerprint density at radius 1 is 1.26 bits per heavy atom. The molecule has 0 radical (unpaired) electrons. The average Bonchev–Trinajstić information content (AvgIpc) is 2.78. The highest BCUT2D eigenvalue weighted by Gasteiger charge is 2.34. The molecule has 0 saturated carbocycles. The summed E-state index contributed by atoms with van der Waals surface area (Å²) in [7, 11) is -3.43. The van der Waals surface area contributed by atoms with Crippen LogP contribution in [-0.4, -0.2) is 35.4 Å². The van der Waals surface area contributed by atoms with Crippen molar-refractivity contribution in [2.75, 3.05) is 13.1 Å². The van der Waals surface area contributed by atoms with Gasteiger partial charge in [0.2, 0.25) is 5.16 Å². The third-order valence-electron chi connectivity index (χ3n) is 3.52. The molecule has 1 aliphatic rings. The van der Waals surface area contributed by atoms with Gasteiger partial charge in [0.25, 0.3) is 10.0 Å². The molecule has 1 aliphatic heterocycles. The second-order valence-corrected chi connectivity index (χ2v) is 6.62. The second kappa shape index (κ2) is 4.61. The number of unbranched alkanes of at least 4 members (excludes halogenated alkanes) is 1. The summed E-state index contributed by atoms with van der Waals surface area (Å²) in [5.41, 5.74) is 1.65. The fourth-order valence-electron chi connectivity index (χ4n) is 2.48. The van der Waals surface area contributed by atoms with Crippen LogP contribution in [0.25, 0.3) is 11.0 Å². The van der Waals surface area contributed by atoms with E-state index >= 15 is 0 Å². The Balaban J connectivity index is 2.09. The Kier molecular flexibility index (Phi) is 3.06. The van der Waals surface area contributed by atoms with Gasteiger partial charge in [-0.05, 0) is 18.6 Å². The summed E-state index contributed by atoms with van der Waals surface area (Å²) in [5.74, 6) is 0. The third-order valence-corrected chi connectivity index (χ3v) is 5.34. The summed E-state index contributed by atoms with van der Waals surface area (Å²) in [6, 6.07) is 7.56. The number of para-hydroxylation sites is 2. The van der Waals surface area contributed by atoms with Crippen molar-refractivity contribution in [1.29, 1.82) is 0 Å². The molecule has 0 aliphatic carbocycles. The molecule has 19 heavy (non-hydrogen) atoms. The van der Waals surface area contributed by atoms with E-state index in [0.29, 0.717) is 19.6 Å². The van der Waals surface area contributed by atoms with E-state index < -0.39 is 10.0 Å². The molecule has 2 aromatic rings. The summed E-state index contributed by atoms with van der Waals surface area (Å²) in [6.07, 6.45) is 1.88. The lowest BCUT2D eigenvalue weighted by molar-refractivity contribution is 0.351. The first-order valence-corrected chi connectivity index (χ1v) is 8.04. The molecule has 0 unspecified atom stereocenters. The molecule has 0 spiro atoms. The monoisotopic (exact) mass is 279 g/mol. The normalized spacial score (nSPS) is 18.6. The Morgan fingerprint density at radius 2 is 2.05 bits per heavy atom. The average molecular weight is 279 g/mol. The molecule has 2 heterocycles. The molecule has 0 atom stereocenters. The first kappa shape index (κ1) is 12.6. The largest absolute Gasteiger partial charge is 0.312 e. The lowest BCUT2D eigenvalue weighted by atomic mass is 10.3. The Labute approximate surface area is 112 Å². The van der Waals surface area contributed by atoms with Crippen LogP contribution < -0.4 is 0 Å². The quantitative estimate of drug-likeness (QED) is 0.861. The molecule has 0 fully saturated rings. The van der Waals surface area contributed by atoms with Gasteiger partial charge in [0, 0.05) is 19.6 Å². The first-order valence-electron chi connectivity index (χ1n) is 6.60. The SMILES string of the molecule is CCCCN1CCn2c(nc3ccccc32)S1(=O)=O. The van der Waals surface area contributed by atoms with Gasteiger partial charge >= 0.3 is 0 Å². The van der Waals surface area contributed by atoms with Gasteiger partial charge in [0.05, 0.1) is 11.0 Å². The Hall–Kier alpha value is -1.40. The second-order valence-electron chi connectivity index (χ2n) is 4.79. The van der Waals surface area contributed by atoms with Crippen molar-refractivity contribution in [2.45, 2.75) is 31.5 Å². The summed E-state index contributed by atoms with van der Waals surface area (Å²) >= 11 is 0. The number of benzene rings is 1. The van der Waals surface area contributed by atoms with Gasteiger partial charge in [-0.15, -0.1) is 0 Å². The number of sulfonamides is 1. The molecule has 0 saturated heterocycles. The highest BCUT2D eigenvalue weighted by atomic mass is 32.2. The maximum atomic E-state index is 12.5. The van der Waals surface area contributed by atoms with E-state index in [1.807, 2.05) is 28.8 Å². The van der Waals surface area contributed by atoms with Crippen LogP contribution in [0.2, 0.25) is 0 Å². The zero-order valence-electron chi connectivity index (χ0n) is 10.9. The minimum atomic E-state index is -3.43. The molecular weight excluding hydrogens is 262 g/mol. The smallest absolute Gasteiger partial charge is 0.277 e. The minimum Gasteiger partial charge on any atom is -0.312 e. The van der Waals surface area contributed by atoms with Gasteiger partial charge in [0.15, 0.2) is 0 Å². The van der Waals surface area contributed by atoms with E-state index in [1.54, 1.807) is 4.31 Å². The van der Waals surface area contributed by atoms with E-state index in [4.69, 9.17) is 0 Å². The Bertz CT molecular complexity index is 706. The fourth-order valence-corrected chi connectivity index (χ4v) is 4.08. The zero-order valence-corrected chi connectivity index (χ0v) is 11.7. The molecule has 1 aromatic carbocycles. The minimum absolute atomic E-state index is 0.191. The van der Waals surface area contributed by atoms with Crippen molar-refractivity contribution in [3.05, 3.63) is 24.3 Å². The molecule has 0 bridgehead atoms. The predicted molar refractivity (Wildman–Crippen MR) is 73.4 cm³/mol. The van der Waals surface area contributed by atoms with Gasteiger partial charge in [-0.2, -0.15) is 4.31 Å². The van der Waals surface area contributed by atoms with Crippen LogP contribution in [0.15, 0.2) is 29.4 Å². The van der Waals surface area contributed by atoms with Gasteiger partial charge in [0.1, 0.15) is 0 Å². The number of aromatic nitrogens is 2. The van der Waals surface area contributed by atoms with Gasteiger partial charge in [-0.3, -0.25) is 0 Å². The fraction of sp³-hybridized carbons (Fsp3) is 0.462. The van der Waals surface area contributed by atoms with E-state index in [2.05, 4.69) is 11.9 Å². The van der Waals surface area contributed by atoms with Crippen molar-refractivity contribution in [3.63, 3.8) is 0 Å². The number of hydrogen-bond donors (Lipinski definition) is 0. The molecule has 5 nitrogen and oxygen atoms in total. The van der Waals surface area contributed by atoms with Crippen molar-refractivity contribution in [1.82, 2.24) is 13.9 Å². The van der Waals surface area contributed by atoms with Crippen LogP contribution in [0.5, 0.6) is 0 Å². The molecular formula is C13H17N3O2S. The number of imidazole rings is 1. The molecule has 0 amide bonds. The maximum Gasteiger partial charge on any atom is 0.277 e. The number of fused-ring (bicyclic) bond motifs is 3. The van der Waals surface area contributed by atoms with E-state index in [-0.39, 0.29) is 5.16 Å². The molecule has 1 aromatic heterocycles. The lowest BCUT2D eigenvalue weighted by Crippen LogP contribution is -2.40. The number of nitrogens with zero attached hydrogens (tertiary/aromatic N) is 3. The van der Waals surface area contributed by atoms with Gasteiger partial charge in [-0.1, -0.05) is 25.5 Å². The number of rotatable bonds is 3. The number of hydrogen-bond acceptors (Lipinski definition) is 3. The standard InChI is InChI=1S/C13H17N3O2S/c1-2-3-8-15-9-10-16-12-7-5-4-6-11(12)14-13(16)19(15,17)18/h4-7H,2-3,8-10H2,1H3. The molecule has 3 rings (SSSR count). The first-order chi connectivity index (χ1) is 9.14. The Morgan fingerprint density at radius 3 is 2.84 bits per heavy atom. The lowest BCUT2D eigenvalue weighted by Gasteiger charge is -2.27. The van der Waals surface area contributed by atoms with Crippen LogP contribution in [-0.2, 0) is 16.6 Å². The van der Waals surface area contributed by atoms with Crippen molar-refractivity contribution in [2.24, 2.45) is 0 Å². The predicted octanol–water partition coefficient (Wildman–Crippen LogP) is 1.84. The summed E-state index contributed by atoms with van der Waals surface area (Å²) in [4.78, 5) is 4.30. The summed E-state index contributed by atoms with van der Waals surface area (Å²) in [6.45, 7) is 3.86. The van der Waals surface area contributed by atoms with Crippen LogP contribution in [0.4, 0.5) is 0 Å². The van der Waals surface area contributed by atoms with Crippen LogP contribution >= 0.6 is 0 Å². The summed E-state index contributed by atoms with van der Waals surface area (Å²) < 4.78 is 28.4. The van der Waals surface area contributed by atoms with Gasteiger partial charge in [-0.25, -0.2) is 13.4 Å². The molecule has 0 N–H and O–H groups in total. The highest BCUT2D eigenvalue weighted by Crippen LogP contribution is 2.26. The van der Waals surface area contributed by atoms with E-state index in [9.17, 15) is 8.42 Å². The maximum absolute atomic E-state index is 12.5. The van der Waals surface area contributed by atoms with Crippen molar-refractivity contribution < 1.29 is 8.42 Å². The van der Waals surface area contributed by atoms with E-state index in [1.165, 1.54) is 0 Å². The molecule has 102 valence electrons. The van der Waals surface area contributed by atoms with Crippen LogP contribution in [0.1, 0.15) is 19.8 Å². The van der Waals surface area contributed by atoms with E-state index in [0.717, 1.165) is 23.9 Å². The molecule has 6 heteroatoms. The zero-order chi connectivity index (χ0) is 13.5. The van der Waals surface area contributed by atoms with Crippen LogP contribution in [0, 0.1) is 0 Å². The summed E-state index contributed by atoms with van der Waals surface area (Å²) in [5, 5.41) is 0.191. The topological polar surface area (TPSA) is 55.2 Å². The third kappa shape index (κ3) is 1.95. The highest BCUT2D eigenvalue weighted by molar-refractivity contribution is 7.89.